The second-order valence-electron chi connectivity index (χ2n) is 5.77. The van der Waals surface area contributed by atoms with Gasteiger partial charge in [-0.2, -0.15) is 0 Å². The Hall–Kier alpha value is -1.48. The van der Waals surface area contributed by atoms with Crippen LogP contribution in [0.1, 0.15) is 35.2 Å². The monoisotopic (exact) mass is 290 g/mol. The molecule has 2 bridgehead atoms. The van der Waals surface area contributed by atoms with Gasteiger partial charge in [-0.05, 0) is 49.9 Å². The minimum absolute atomic E-state index is 0.0979. The number of aryl methyl sites for hydroxylation is 1. The van der Waals surface area contributed by atoms with Gasteiger partial charge in [-0.1, -0.05) is 11.6 Å². The highest BCUT2D eigenvalue weighted by Gasteiger charge is 2.50. The highest BCUT2D eigenvalue weighted by atomic mass is 35.5. The third-order valence-corrected chi connectivity index (χ3v) is 4.76. The lowest BCUT2D eigenvalue weighted by Gasteiger charge is -2.24. The molecule has 2 aliphatic rings. The van der Waals surface area contributed by atoms with Gasteiger partial charge in [0.15, 0.2) is 17.3 Å². The maximum atomic E-state index is 12.6. The molecule has 0 saturated heterocycles. The van der Waals surface area contributed by atoms with Gasteiger partial charge in [-0.15, -0.1) is 0 Å². The largest absolute Gasteiger partial charge is 0.298 e. The van der Waals surface area contributed by atoms with Crippen molar-refractivity contribution in [1.29, 1.82) is 0 Å². The van der Waals surface area contributed by atoms with E-state index in [-0.39, 0.29) is 29.2 Å². The summed E-state index contributed by atoms with van der Waals surface area (Å²) in [7, 11) is 0. The molecule has 2 fully saturated rings. The van der Waals surface area contributed by atoms with Crippen LogP contribution in [-0.2, 0) is 9.59 Å². The Labute approximate surface area is 122 Å². The molecule has 0 aliphatic heterocycles. The van der Waals surface area contributed by atoms with Crippen LogP contribution in [0.3, 0.4) is 0 Å². The summed E-state index contributed by atoms with van der Waals surface area (Å²) in [5.41, 5.74) is 1.14. The van der Waals surface area contributed by atoms with Gasteiger partial charge in [-0.25, -0.2) is 0 Å². The zero-order valence-corrected chi connectivity index (χ0v) is 11.9. The van der Waals surface area contributed by atoms with E-state index >= 15 is 0 Å². The van der Waals surface area contributed by atoms with Crippen LogP contribution in [0, 0.1) is 24.7 Å². The van der Waals surface area contributed by atoms with E-state index < -0.39 is 5.92 Å². The average molecular weight is 291 g/mol. The number of hydrogen-bond acceptors (Lipinski definition) is 3. The lowest BCUT2D eigenvalue weighted by Crippen LogP contribution is -2.41. The van der Waals surface area contributed by atoms with E-state index in [1.807, 2.05) is 0 Å². The van der Waals surface area contributed by atoms with Crippen LogP contribution in [0.15, 0.2) is 18.2 Å². The van der Waals surface area contributed by atoms with Crippen LogP contribution in [0.5, 0.6) is 0 Å². The molecule has 2 unspecified atom stereocenters. The predicted octanol–water partition coefficient (Wildman–Crippen LogP) is 3.02. The summed E-state index contributed by atoms with van der Waals surface area (Å²) >= 11 is 5.88. The summed E-state index contributed by atoms with van der Waals surface area (Å²) in [6.07, 6.45) is 2.14. The van der Waals surface area contributed by atoms with Crippen molar-refractivity contribution in [2.45, 2.75) is 26.2 Å². The van der Waals surface area contributed by atoms with Gasteiger partial charge >= 0.3 is 0 Å². The summed E-state index contributed by atoms with van der Waals surface area (Å²) in [5.74, 6) is -1.99. The van der Waals surface area contributed by atoms with Gasteiger partial charge in [0.2, 0.25) is 0 Å². The van der Waals surface area contributed by atoms with E-state index in [9.17, 15) is 14.4 Å². The highest BCUT2D eigenvalue weighted by molar-refractivity contribution is 6.31. The Morgan fingerprint density at radius 3 is 2.30 bits per heavy atom. The third-order valence-electron chi connectivity index (χ3n) is 4.52. The van der Waals surface area contributed by atoms with Crippen LogP contribution in [0.4, 0.5) is 0 Å². The van der Waals surface area contributed by atoms with Crippen LogP contribution < -0.4 is 0 Å². The lowest BCUT2D eigenvalue weighted by atomic mass is 9.75. The van der Waals surface area contributed by atoms with Crippen molar-refractivity contribution >= 4 is 29.0 Å². The molecular formula is C16H15ClO3. The minimum atomic E-state index is -1.08. The number of benzene rings is 1. The van der Waals surface area contributed by atoms with E-state index in [2.05, 4.69) is 0 Å². The van der Waals surface area contributed by atoms with Gasteiger partial charge in [0, 0.05) is 22.4 Å². The van der Waals surface area contributed by atoms with Crippen molar-refractivity contribution in [3.8, 4) is 0 Å². The van der Waals surface area contributed by atoms with Crippen molar-refractivity contribution in [3.63, 3.8) is 0 Å². The van der Waals surface area contributed by atoms with Crippen molar-refractivity contribution in [1.82, 2.24) is 0 Å². The SMILES string of the molecule is Cc1cc(Cl)ccc1C(=O)C1C(=O)C2CCC(C2)C1=O. The normalized spacial score (nSPS) is 28.8. The summed E-state index contributed by atoms with van der Waals surface area (Å²) in [4.78, 5) is 37.2. The molecule has 0 amide bonds. The number of rotatable bonds is 2. The van der Waals surface area contributed by atoms with Gasteiger partial charge in [0.25, 0.3) is 0 Å². The van der Waals surface area contributed by atoms with E-state index in [0.29, 0.717) is 22.6 Å². The first kappa shape index (κ1) is 13.5. The first-order valence-electron chi connectivity index (χ1n) is 6.87. The highest BCUT2D eigenvalue weighted by Crippen LogP contribution is 2.41. The fraction of sp³-hybridized carbons (Fsp3) is 0.438. The van der Waals surface area contributed by atoms with Crippen LogP contribution in [0.2, 0.25) is 5.02 Å². The van der Waals surface area contributed by atoms with E-state index in [1.54, 1.807) is 25.1 Å². The van der Waals surface area contributed by atoms with Gasteiger partial charge in [0.05, 0.1) is 0 Å². The quantitative estimate of drug-likeness (QED) is 0.621. The zero-order valence-electron chi connectivity index (χ0n) is 11.2. The topological polar surface area (TPSA) is 51.2 Å². The van der Waals surface area contributed by atoms with Crippen LogP contribution >= 0.6 is 11.6 Å². The van der Waals surface area contributed by atoms with Crippen molar-refractivity contribution in [2.75, 3.05) is 0 Å². The molecule has 0 spiro atoms. The molecular weight excluding hydrogens is 276 g/mol. The molecule has 3 rings (SSSR count). The molecule has 1 aromatic rings. The molecule has 20 heavy (non-hydrogen) atoms. The molecule has 0 radical (unpaired) electrons. The molecule has 0 heterocycles. The van der Waals surface area contributed by atoms with E-state index in [0.717, 1.165) is 12.8 Å². The Balaban J connectivity index is 1.97. The second kappa shape index (κ2) is 4.81. The number of ketones is 3. The number of carbonyl (C=O) groups is 3. The number of Topliss-reactive ketones (excluding diaryl/α,β-unsaturated/α-hetero) is 3. The molecule has 0 N–H and O–H groups in total. The van der Waals surface area contributed by atoms with Gasteiger partial charge in [-0.3, -0.25) is 14.4 Å². The van der Waals surface area contributed by atoms with Gasteiger partial charge < -0.3 is 0 Å². The number of carbonyl (C=O) groups excluding carboxylic acids is 3. The van der Waals surface area contributed by atoms with Crippen molar-refractivity contribution in [3.05, 3.63) is 34.3 Å². The molecule has 2 atom stereocenters. The minimum Gasteiger partial charge on any atom is -0.298 e. The Kier molecular flexibility index (Phi) is 3.25. The maximum absolute atomic E-state index is 12.6. The first-order valence-corrected chi connectivity index (χ1v) is 7.24. The van der Waals surface area contributed by atoms with Crippen molar-refractivity contribution < 1.29 is 14.4 Å². The fourth-order valence-electron chi connectivity index (χ4n) is 3.43. The fourth-order valence-corrected chi connectivity index (χ4v) is 3.65. The number of hydrogen-bond donors (Lipinski definition) is 0. The molecule has 4 heteroatoms. The predicted molar refractivity (Wildman–Crippen MR) is 74.9 cm³/mol. The van der Waals surface area contributed by atoms with Crippen LogP contribution in [0.25, 0.3) is 0 Å². The standard InChI is InChI=1S/C16H15ClO3/c1-8-6-11(17)4-5-12(8)16(20)13-14(18)9-2-3-10(7-9)15(13)19/h4-6,9-10,13H,2-3,7H2,1H3. The number of fused-ring (bicyclic) bond motifs is 2. The van der Waals surface area contributed by atoms with E-state index in [4.69, 9.17) is 11.6 Å². The zero-order chi connectivity index (χ0) is 14.4. The Morgan fingerprint density at radius 2 is 1.75 bits per heavy atom. The second-order valence-corrected chi connectivity index (χ2v) is 6.20. The smallest absolute Gasteiger partial charge is 0.181 e. The maximum Gasteiger partial charge on any atom is 0.181 e. The summed E-state index contributed by atoms with van der Waals surface area (Å²) in [5, 5.41) is 0.542. The molecule has 0 aromatic heterocycles. The summed E-state index contributed by atoms with van der Waals surface area (Å²) in [6.45, 7) is 1.77. The molecule has 104 valence electrons. The third kappa shape index (κ3) is 2.01. The molecule has 2 aliphatic carbocycles. The van der Waals surface area contributed by atoms with E-state index in [1.165, 1.54) is 0 Å². The van der Waals surface area contributed by atoms with Gasteiger partial charge in [0.1, 0.15) is 5.92 Å². The summed E-state index contributed by atoms with van der Waals surface area (Å²) in [6, 6.07) is 4.91. The number of halogens is 1. The molecule has 3 nitrogen and oxygen atoms in total. The average Bonchev–Trinajstić information content (AvgIpc) is 2.83. The molecule has 2 saturated carbocycles. The molecule has 1 aromatic carbocycles. The Morgan fingerprint density at radius 1 is 1.15 bits per heavy atom. The first-order chi connectivity index (χ1) is 9.49. The Bertz CT molecular complexity index is 598. The summed E-state index contributed by atoms with van der Waals surface area (Å²) < 4.78 is 0. The van der Waals surface area contributed by atoms with Crippen LogP contribution in [-0.4, -0.2) is 17.3 Å². The lowest BCUT2D eigenvalue weighted by molar-refractivity contribution is -0.137. The van der Waals surface area contributed by atoms with Crippen molar-refractivity contribution in [2.24, 2.45) is 17.8 Å².